The van der Waals surface area contributed by atoms with Crippen LogP contribution in [0.2, 0.25) is 0 Å². The third-order valence-electron chi connectivity index (χ3n) is 1.84. The highest BCUT2D eigenvalue weighted by Gasteiger charge is 2.09. The summed E-state index contributed by atoms with van der Waals surface area (Å²) in [6.07, 6.45) is 2.79. The van der Waals surface area contributed by atoms with Gasteiger partial charge in [0, 0.05) is 20.1 Å². The molecule has 53 valence electrons. The van der Waals surface area contributed by atoms with E-state index in [1.807, 2.05) is 7.05 Å². The first-order chi connectivity index (χ1) is 4.43. The molecular formula is C7H15N2. The van der Waals surface area contributed by atoms with Crippen molar-refractivity contribution in [2.75, 3.05) is 33.2 Å². The van der Waals surface area contributed by atoms with E-state index in [9.17, 15) is 0 Å². The molecule has 0 saturated carbocycles. The van der Waals surface area contributed by atoms with Gasteiger partial charge >= 0.3 is 0 Å². The van der Waals surface area contributed by atoms with Gasteiger partial charge in [-0.3, -0.25) is 0 Å². The molecule has 0 bridgehead atoms. The molecule has 1 aliphatic heterocycles. The maximum absolute atomic E-state index is 4.06. The molecule has 0 amide bonds. The molecule has 9 heavy (non-hydrogen) atoms. The van der Waals surface area contributed by atoms with Gasteiger partial charge in [-0.15, -0.1) is 0 Å². The van der Waals surface area contributed by atoms with E-state index in [1.165, 1.54) is 32.5 Å². The smallest absolute Gasteiger partial charge is 0.0258 e. The second kappa shape index (κ2) is 3.85. The molecule has 0 aliphatic carbocycles. The van der Waals surface area contributed by atoms with Crippen LogP contribution in [-0.4, -0.2) is 38.1 Å². The summed E-state index contributed by atoms with van der Waals surface area (Å²) in [7, 11) is 1.88. The minimum absolute atomic E-state index is 1.01. The molecule has 0 unspecified atom stereocenters. The summed E-state index contributed by atoms with van der Waals surface area (Å²) in [6.45, 7) is 4.79. The van der Waals surface area contributed by atoms with Crippen LogP contribution in [0.4, 0.5) is 0 Å². The standard InChI is InChI=1S/C7H15N2/c1-8-4-7-9-5-2-3-6-9/h2-7H2,1H3. The van der Waals surface area contributed by atoms with Crippen molar-refractivity contribution in [3.63, 3.8) is 0 Å². The van der Waals surface area contributed by atoms with E-state index in [4.69, 9.17) is 0 Å². The molecule has 0 atom stereocenters. The van der Waals surface area contributed by atoms with Crippen LogP contribution in [-0.2, 0) is 0 Å². The fraction of sp³-hybridized carbons (Fsp3) is 1.00. The molecule has 0 spiro atoms. The van der Waals surface area contributed by atoms with Crippen LogP contribution in [0.1, 0.15) is 12.8 Å². The maximum Gasteiger partial charge on any atom is 0.0258 e. The zero-order chi connectivity index (χ0) is 6.53. The highest BCUT2D eigenvalue weighted by atomic mass is 15.1. The maximum atomic E-state index is 4.06. The van der Waals surface area contributed by atoms with Gasteiger partial charge in [-0.25, -0.2) is 5.32 Å². The van der Waals surface area contributed by atoms with Gasteiger partial charge in [0.05, 0.1) is 0 Å². The van der Waals surface area contributed by atoms with Crippen molar-refractivity contribution in [3.05, 3.63) is 0 Å². The molecule has 0 aromatic heterocycles. The third kappa shape index (κ3) is 2.33. The van der Waals surface area contributed by atoms with Gasteiger partial charge in [0.15, 0.2) is 0 Å². The summed E-state index contributed by atoms with van der Waals surface area (Å²) in [4.78, 5) is 2.48. The van der Waals surface area contributed by atoms with E-state index in [2.05, 4.69) is 10.2 Å². The highest BCUT2D eigenvalue weighted by molar-refractivity contribution is 4.65. The summed E-state index contributed by atoms with van der Waals surface area (Å²) in [5.74, 6) is 0. The van der Waals surface area contributed by atoms with Crippen LogP contribution in [0.25, 0.3) is 0 Å². The predicted octanol–water partition coefficient (Wildman–Crippen LogP) is 0.316. The Morgan fingerprint density at radius 2 is 2.00 bits per heavy atom. The van der Waals surface area contributed by atoms with Crippen molar-refractivity contribution >= 4 is 0 Å². The molecule has 1 radical (unpaired) electrons. The van der Waals surface area contributed by atoms with Crippen molar-refractivity contribution in [3.8, 4) is 0 Å². The Kier molecular flexibility index (Phi) is 3.01. The average molecular weight is 127 g/mol. The zero-order valence-corrected chi connectivity index (χ0v) is 6.14. The van der Waals surface area contributed by atoms with Crippen molar-refractivity contribution in [2.24, 2.45) is 0 Å². The van der Waals surface area contributed by atoms with Gasteiger partial charge in [-0.05, 0) is 25.9 Å². The Morgan fingerprint density at radius 1 is 1.33 bits per heavy atom. The fourth-order valence-electron chi connectivity index (χ4n) is 1.25. The van der Waals surface area contributed by atoms with Gasteiger partial charge in [-0.1, -0.05) is 0 Å². The van der Waals surface area contributed by atoms with Gasteiger partial charge in [0.2, 0.25) is 0 Å². The molecular weight excluding hydrogens is 112 g/mol. The molecule has 1 aliphatic rings. The Bertz CT molecular complexity index is 67.3. The summed E-state index contributed by atoms with van der Waals surface area (Å²) in [5.41, 5.74) is 0. The number of hydrogen-bond acceptors (Lipinski definition) is 1. The van der Waals surface area contributed by atoms with Crippen LogP contribution in [0.15, 0.2) is 0 Å². The molecule has 1 rings (SSSR count). The van der Waals surface area contributed by atoms with Gasteiger partial charge in [0.1, 0.15) is 0 Å². The van der Waals surface area contributed by atoms with Gasteiger partial charge < -0.3 is 4.90 Å². The molecule has 1 heterocycles. The van der Waals surface area contributed by atoms with Crippen LogP contribution in [0.5, 0.6) is 0 Å². The minimum atomic E-state index is 1.01. The van der Waals surface area contributed by atoms with Crippen LogP contribution >= 0.6 is 0 Å². The lowest BCUT2D eigenvalue weighted by molar-refractivity contribution is 0.339. The summed E-state index contributed by atoms with van der Waals surface area (Å²) in [6, 6.07) is 0. The van der Waals surface area contributed by atoms with E-state index >= 15 is 0 Å². The van der Waals surface area contributed by atoms with Crippen LogP contribution in [0, 0.1) is 0 Å². The first-order valence-corrected chi connectivity index (χ1v) is 3.71. The largest absolute Gasteiger partial charge is 0.302 e. The lowest BCUT2D eigenvalue weighted by Crippen LogP contribution is -2.25. The van der Waals surface area contributed by atoms with Crippen molar-refractivity contribution < 1.29 is 0 Å². The van der Waals surface area contributed by atoms with Crippen LogP contribution < -0.4 is 5.32 Å². The Balaban J connectivity index is 1.98. The number of nitrogens with zero attached hydrogens (tertiary/aromatic N) is 2. The summed E-state index contributed by atoms with van der Waals surface area (Å²) >= 11 is 0. The quantitative estimate of drug-likeness (QED) is 0.533. The first-order valence-electron chi connectivity index (χ1n) is 3.71. The fourth-order valence-corrected chi connectivity index (χ4v) is 1.25. The van der Waals surface area contributed by atoms with Gasteiger partial charge in [0.25, 0.3) is 0 Å². The number of likely N-dealkylation sites (tertiary alicyclic amines) is 1. The number of hydrogen-bond donors (Lipinski definition) is 0. The van der Waals surface area contributed by atoms with E-state index < -0.39 is 0 Å². The van der Waals surface area contributed by atoms with Crippen molar-refractivity contribution in [2.45, 2.75) is 12.8 Å². The lowest BCUT2D eigenvalue weighted by Gasteiger charge is -2.12. The summed E-state index contributed by atoms with van der Waals surface area (Å²) < 4.78 is 0. The van der Waals surface area contributed by atoms with E-state index in [0.717, 1.165) is 6.54 Å². The molecule has 1 saturated heterocycles. The van der Waals surface area contributed by atoms with E-state index in [0.29, 0.717) is 0 Å². The van der Waals surface area contributed by atoms with Crippen molar-refractivity contribution in [1.82, 2.24) is 10.2 Å². The van der Waals surface area contributed by atoms with Crippen molar-refractivity contribution in [1.29, 1.82) is 0 Å². The molecule has 2 nitrogen and oxygen atoms in total. The third-order valence-corrected chi connectivity index (χ3v) is 1.84. The second-order valence-electron chi connectivity index (χ2n) is 2.59. The predicted molar refractivity (Wildman–Crippen MR) is 38.6 cm³/mol. The second-order valence-corrected chi connectivity index (χ2v) is 2.59. The molecule has 0 aromatic carbocycles. The average Bonchev–Trinajstić information content (AvgIpc) is 2.34. The summed E-state index contributed by atoms with van der Waals surface area (Å²) in [5, 5.41) is 4.06. The molecule has 1 fully saturated rings. The Hall–Kier alpha value is -0.0800. The monoisotopic (exact) mass is 127 g/mol. The topological polar surface area (TPSA) is 17.3 Å². The lowest BCUT2D eigenvalue weighted by atomic mass is 10.4. The van der Waals surface area contributed by atoms with E-state index in [-0.39, 0.29) is 0 Å². The molecule has 0 aromatic rings. The number of rotatable bonds is 3. The minimum Gasteiger partial charge on any atom is -0.302 e. The zero-order valence-electron chi connectivity index (χ0n) is 6.14. The normalized spacial score (nSPS) is 21.0. The van der Waals surface area contributed by atoms with Gasteiger partial charge in [-0.2, -0.15) is 0 Å². The Morgan fingerprint density at radius 3 is 2.56 bits per heavy atom. The Labute approximate surface area is 57.2 Å². The van der Waals surface area contributed by atoms with E-state index in [1.54, 1.807) is 0 Å². The van der Waals surface area contributed by atoms with Crippen LogP contribution in [0.3, 0.4) is 0 Å². The first kappa shape index (κ1) is 7.03. The highest BCUT2D eigenvalue weighted by Crippen LogP contribution is 2.05. The number of likely N-dealkylation sites (N-methyl/N-ethyl adjacent to an activating group) is 1. The SMILES string of the molecule is C[N]CCN1CCCC1. The molecule has 2 heteroatoms. The molecule has 0 N–H and O–H groups in total.